The molecule has 4 atom stereocenters. The van der Waals surface area contributed by atoms with E-state index in [1.54, 1.807) is 0 Å². The molecule has 0 saturated heterocycles. The van der Waals surface area contributed by atoms with Gasteiger partial charge in [0.05, 0.1) is 0 Å². The molecule has 1 nitrogen and oxygen atoms in total. The van der Waals surface area contributed by atoms with Crippen LogP contribution in [0.3, 0.4) is 0 Å². The number of fused-ring (bicyclic) bond motifs is 2. The summed E-state index contributed by atoms with van der Waals surface area (Å²) in [5, 5.41) is 9.41. The van der Waals surface area contributed by atoms with Gasteiger partial charge in [-0.2, -0.15) is 13.2 Å². The summed E-state index contributed by atoms with van der Waals surface area (Å²) in [6.07, 6.45) is -0.402. The summed E-state index contributed by atoms with van der Waals surface area (Å²) in [6, 6.07) is 0. The summed E-state index contributed by atoms with van der Waals surface area (Å²) in [6.45, 7) is 7.40. The van der Waals surface area contributed by atoms with Gasteiger partial charge in [0.1, 0.15) is 0 Å². The fourth-order valence-corrected chi connectivity index (χ4v) is 3.25. The van der Waals surface area contributed by atoms with E-state index >= 15 is 0 Å². The third-order valence-corrected chi connectivity index (χ3v) is 4.15. The van der Waals surface area contributed by atoms with Crippen LogP contribution in [0.5, 0.6) is 0 Å². The van der Waals surface area contributed by atoms with E-state index in [9.17, 15) is 18.3 Å². The highest BCUT2D eigenvalue weighted by Gasteiger charge is 2.53. The van der Waals surface area contributed by atoms with E-state index in [4.69, 9.17) is 0 Å². The molecule has 2 fully saturated rings. The van der Waals surface area contributed by atoms with Gasteiger partial charge < -0.3 is 5.11 Å². The van der Waals surface area contributed by atoms with Gasteiger partial charge in [-0.1, -0.05) is 34.6 Å². The Morgan fingerprint density at radius 3 is 1.90 bits per heavy atom. The van der Waals surface area contributed by atoms with Crippen molar-refractivity contribution in [2.45, 2.75) is 79.0 Å². The number of hydrogen-bond donors (Lipinski definition) is 1. The molecule has 0 amide bonds. The van der Waals surface area contributed by atoms with Crippen LogP contribution in [0.1, 0.15) is 67.2 Å². The average molecular weight is 296 g/mol. The van der Waals surface area contributed by atoms with Gasteiger partial charge in [-0.3, -0.25) is 0 Å². The molecule has 0 aliphatic heterocycles. The maximum absolute atomic E-state index is 12.5. The van der Waals surface area contributed by atoms with Crippen LogP contribution < -0.4 is 0 Å². The number of halogens is 3. The van der Waals surface area contributed by atoms with Crippen molar-refractivity contribution >= 4 is 0 Å². The molecule has 0 heterocycles. The lowest BCUT2D eigenvalue weighted by atomic mass is 9.81. The third-order valence-electron chi connectivity index (χ3n) is 4.15. The minimum Gasteiger partial charge on any atom is -0.381 e. The zero-order chi connectivity index (χ0) is 14.8. The summed E-state index contributed by atoms with van der Waals surface area (Å²) < 4.78 is 37.4. The van der Waals surface area contributed by atoms with Crippen LogP contribution in [0, 0.1) is 23.7 Å². The molecule has 2 aliphatic rings. The molecule has 122 valence electrons. The molecule has 1 N–H and O–H groups in total. The lowest BCUT2D eigenvalue weighted by Gasteiger charge is -2.32. The Kier molecular flexibility index (Phi) is 7.06. The number of hydrogen-bond acceptors (Lipinski definition) is 1. The van der Waals surface area contributed by atoms with Gasteiger partial charge in [-0.25, -0.2) is 0 Å². The summed E-state index contributed by atoms with van der Waals surface area (Å²) >= 11 is 0. The van der Waals surface area contributed by atoms with Gasteiger partial charge in [0, 0.05) is 0 Å². The Balaban J connectivity index is 0.000000644. The first kappa shape index (κ1) is 19.8. The van der Waals surface area contributed by atoms with Crippen molar-refractivity contribution in [3.8, 4) is 0 Å². The molecular weight excluding hydrogens is 265 g/mol. The number of aliphatic hydroxyl groups is 1. The molecule has 2 bridgehead atoms. The van der Waals surface area contributed by atoms with Crippen LogP contribution in [0.15, 0.2) is 0 Å². The SMILES string of the molecule is C.CC(C)C.CC(O)(CC1CC2CCC1C2)C(F)(F)F. The molecule has 0 spiro atoms. The van der Waals surface area contributed by atoms with E-state index in [1.165, 1.54) is 6.42 Å². The zero-order valence-electron chi connectivity index (χ0n) is 12.4. The summed E-state index contributed by atoms with van der Waals surface area (Å²) in [4.78, 5) is 0. The van der Waals surface area contributed by atoms with Crippen molar-refractivity contribution < 1.29 is 18.3 Å². The Morgan fingerprint density at radius 1 is 1.10 bits per heavy atom. The normalized spacial score (nSPS) is 31.4. The lowest BCUT2D eigenvalue weighted by molar-refractivity contribution is -0.259. The quantitative estimate of drug-likeness (QED) is 0.721. The lowest BCUT2D eigenvalue weighted by Crippen LogP contribution is -2.44. The van der Waals surface area contributed by atoms with Crippen molar-refractivity contribution in [2.75, 3.05) is 0 Å². The van der Waals surface area contributed by atoms with Gasteiger partial charge >= 0.3 is 6.18 Å². The first-order chi connectivity index (χ1) is 8.53. The van der Waals surface area contributed by atoms with Gasteiger partial charge in [0.2, 0.25) is 0 Å². The van der Waals surface area contributed by atoms with E-state index in [2.05, 4.69) is 20.8 Å². The molecule has 2 aliphatic carbocycles. The van der Waals surface area contributed by atoms with Crippen LogP contribution in [0.2, 0.25) is 0 Å². The predicted octanol–water partition coefficient (Wildman–Crippen LogP) is 5.42. The standard InChI is InChI=1S/C11H17F3O.C4H10.CH4/c1-10(15,11(12,13)14)6-9-5-7-2-3-8(9)4-7;1-4(2)3;/h7-9,15H,2-6H2,1H3;4H,1-3H3;1H4. The smallest absolute Gasteiger partial charge is 0.381 e. The third kappa shape index (κ3) is 5.27. The van der Waals surface area contributed by atoms with Gasteiger partial charge in [-0.05, 0) is 56.3 Å². The van der Waals surface area contributed by atoms with Crippen LogP contribution in [0.4, 0.5) is 13.2 Å². The summed E-state index contributed by atoms with van der Waals surface area (Å²) in [5.41, 5.74) is -2.50. The fraction of sp³-hybridized carbons (Fsp3) is 1.00. The Bertz CT molecular complexity index is 281. The Labute approximate surface area is 122 Å². The molecule has 20 heavy (non-hydrogen) atoms. The molecular formula is C16H31F3O. The van der Waals surface area contributed by atoms with Gasteiger partial charge in [-0.15, -0.1) is 0 Å². The van der Waals surface area contributed by atoms with Crippen molar-refractivity contribution in [1.82, 2.24) is 0 Å². The molecule has 0 radical (unpaired) electrons. The maximum Gasteiger partial charge on any atom is 0.416 e. The fourth-order valence-electron chi connectivity index (χ4n) is 3.25. The minimum absolute atomic E-state index is 0. The zero-order valence-corrected chi connectivity index (χ0v) is 12.4. The number of rotatable bonds is 2. The van der Waals surface area contributed by atoms with Crippen molar-refractivity contribution in [3.63, 3.8) is 0 Å². The summed E-state index contributed by atoms with van der Waals surface area (Å²) in [5.74, 6) is 1.98. The van der Waals surface area contributed by atoms with E-state index in [-0.39, 0.29) is 19.8 Å². The second-order valence-electron chi connectivity index (χ2n) is 7.14. The van der Waals surface area contributed by atoms with Crippen LogP contribution in [-0.2, 0) is 0 Å². The molecule has 0 aromatic rings. The molecule has 0 aromatic heterocycles. The Hall–Kier alpha value is -0.250. The first-order valence-electron chi connectivity index (χ1n) is 7.32. The van der Waals surface area contributed by atoms with Gasteiger partial charge in [0.15, 0.2) is 5.60 Å². The van der Waals surface area contributed by atoms with E-state index < -0.39 is 11.8 Å². The van der Waals surface area contributed by atoms with Gasteiger partial charge in [0.25, 0.3) is 0 Å². The highest BCUT2D eigenvalue weighted by molar-refractivity contribution is 4.94. The topological polar surface area (TPSA) is 20.2 Å². The van der Waals surface area contributed by atoms with E-state index in [0.29, 0.717) is 11.8 Å². The summed E-state index contributed by atoms with van der Waals surface area (Å²) in [7, 11) is 0. The average Bonchev–Trinajstić information content (AvgIpc) is 2.75. The molecule has 0 aromatic carbocycles. The number of alkyl halides is 3. The van der Waals surface area contributed by atoms with Crippen LogP contribution in [-0.4, -0.2) is 16.9 Å². The molecule has 2 rings (SSSR count). The van der Waals surface area contributed by atoms with Crippen molar-refractivity contribution in [1.29, 1.82) is 0 Å². The Morgan fingerprint density at radius 2 is 1.60 bits per heavy atom. The minimum atomic E-state index is -4.49. The predicted molar refractivity (Wildman–Crippen MR) is 77.5 cm³/mol. The van der Waals surface area contributed by atoms with Crippen LogP contribution in [0.25, 0.3) is 0 Å². The van der Waals surface area contributed by atoms with Crippen molar-refractivity contribution in [2.24, 2.45) is 23.7 Å². The molecule has 2 saturated carbocycles. The highest BCUT2D eigenvalue weighted by Crippen LogP contribution is 2.52. The first-order valence-corrected chi connectivity index (χ1v) is 7.32. The highest BCUT2D eigenvalue weighted by atomic mass is 19.4. The largest absolute Gasteiger partial charge is 0.416 e. The second kappa shape index (κ2) is 7.15. The van der Waals surface area contributed by atoms with Crippen LogP contribution >= 0.6 is 0 Å². The maximum atomic E-state index is 12.5. The molecule has 4 unspecified atom stereocenters. The van der Waals surface area contributed by atoms with E-state index in [0.717, 1.165) is 32.1 Å². The van der Waals surface area contributed by atoms with E-state index in [1.807, 2.05) is 0 Å². The monoisotopic (exact) mass is 296 g/mol. The molecule has 4 heteroatoms. The van der Waals surface area contributed by atoms with Crippen molar-refractivity contribution in [3.05, 3.63) is 0 Å². The second-order valence-corrected chi connectivity index (χ2v) is 7.14.